The first-order valence-electron chi connectivity index (χ1n) is 7.05. The van der Waals surface area contributed by atoms with Crippen molar-refractivity contribution in [2.24, 2.45) is 5.92 Å². The van der Waals surface area contributed by atoms with Crippen molar-refractivity contribution in [3.8, 4) is 0 Å². The Kier molecular flexibility index (Phi) is 4.75. The molecule has 1 aromatic carbocycles. The van der Waals surface area contributed by atoms with Crippen LogP contribution in [0, 0.1) is 17.6 Å². The number of benzene rings is 1. The van der Waals surface area contributed by atoms with E-state index in [1.165, 1.54) is 18.2 Å². The number of hydrogen-bond acceptors (Lipinski definition) is 2. The molecule has 1 N–H and O–H groups in total. The number of hydrogen-bond donors (Lipinski definition) is 1. The van der Waals surface area contributed by atoms with E-state index in [2.05, 4.69) is 19.2 Å². The highest BCUT2D eigenvalue weighted by Gasteiger charge is 2.23. The zero-order valence-electron chi connectivity index (χ0n) is 11.6. The minimum atomic E-state index is -0.381. The molecular weight excluding hydrogens is 246 g/mol. The number of anilines is 1. The van der Waals surface area contributed by atoms with Gasteiger partial charge in [0.15, 0.2) is 0 Å². The van der Waals surface area contributed by atoms with Crippen LogP contribution in [0.25, 0.3) is 0 Å². The summed E-state index contributed by atoms with van der Waals surface area (Å²) in [6, 6.07) is 4.01. The summed E-state index contributed by atoms with van der Waals surface area (Å²) >= 11 is 0. The summed E-state index contributed by atoms with van der Waals surface area (Å²) in [5.74, 6) is -0.197. The van der Waals surface area contributed by atoms with Crippen LogP contribution in [0.4, 0.5) is 14.5 Å². The van der Waals surface area contributed by atoms with Crippen LogP contribution in [0.1, 0.15) is 26.7 Å². The normalized spacial score (nSPS) is 22.1. The van der Waals surface area contributed by atoms with Gasteiger partial charge in [0.25, 0.3) is 0 Å². The van der Waals surface area contributed by atoms with Gasteiger partial charge in [0.1, 0.15) is 11.6 Å². The molecule has 2 unspecified atom stereocenters. The molecule has 2 atom stereocenters. The fourth-order valence-electron chi connectivity index (χ4n) is 2.56. The predicted molar refractivity (Wildman–Crippen MR) is 74.4 cm³/mol. The lowest BCUT2D eigenvalue weighted by atomic mass is 9.99. The van der Waals surface area contributed by atoms with Gasteiger partial charge in [0, 0.05) is 25.2 Å². The molecule has 106 valence electrons. The number of nitrogens with one attached hydrogen (secondary N) is 1. The van der Waals surface area contributed by atoms with Gasteiger partial charge in [-0.2, -0.15) is 0 Å². The molecule has 4 heteroatoms. The Morgan fingerprint density at radius 3 is 2.95 bits per heavy atom. The Labute approximate surface area is 113 Å². The van der Waals surface area contributed by atoms with Crippen molar-refractivity contribution in [2.45, 2.75) is 32.7 Å². The van der Waals surface area contributed by atoms with Crippen LogP contribution in [-0.2, 0) is 0 Å². The molecule has 1 saturated heterocycles. The minimum absolute atomic E-state index is 0.329. The topological polar surface area (TPSA) is 15.3 Å². The van der Waals surface area contributed by atoms with E-state index in [9.17, 15) is 8.78 Å². The minimum Gasteiger partial charge on any atom is -0.367 e. The first kappa shape index (κ1) is 14.3. The summed E-state index contributed by atoms with van der Waals surface area (Å²) in [6.07, 6.45) is 2.03. The van der Waals surface area contributed by atoms with Gasteiger partial charge in [0.05, 0.1) is 5.69 Å². The lowest BCUT2D eigenvalue weighted by Crippen LogP contribution is -2.42. The van der Waals surface area contributed by atoms with Crippen molar-refractivity contribution < 1.29 is 8.78 Å². The lowest BCUT2D eigenvalue weighted by Gasteiger charge is -2.29. The molecule has 2 rings (SSSR count). The van der Waals surface area contributed by atoms with Crippen LogP contribution in [0.15, 0.2) is 18.2 Å². The summed E-state index contributed by atoms with van der Waals surface area (Å²) in [7, 11) is 0. The van der Waals surface area contributed by atoms with Gasteiger partial charge in [-0.25, -0.2) is 8.78 Å². The maximum atomic E-state index is 13.9. The molecule has 2 nitrogen and oxygen atoms in total. The Hall–Kier alpha value is -1.16. The summed E-state index contributed by atoms with van der Waals surface area (Å²) in [4.78, 5) is 1.97. The van der Waals surface area contributed by atoms with Crippen molar-refractivity contribution >= 4 is 5.69 Å². The number of nitrogens with zero attached hydrogens (tertiary/aromatic N) is 1. The van der Waals surface area contributed by atoms with E-state index in [-0.39, 0.29) is 11.6 Å². The fraction of sp³-hybridized carbons (Fsp3) is 0.600. The lowest BCUT2D eigenvalue weighted by molar-refractivity contribution is 0.383. The number of halogens is 2. The van der Waals surface area contributed by atoms with Crippen molar-refractivity contribution in [3.63, 3.8) is 0 Å². The summed E-state index contributed by atoms with van der Waals surface area (Å²) in [6.45, 7) is 6.78. The van der Waals surface area contributed by atoms with E-state index in [4.69, 9.17) is 0 Å². The second-order valence-corrected chi connectivity index (χ2v) is 5.34. The molecule has 0 saturated carbocycles. The Morgan fingerprint density at radius 1 is 1.42 bits per heavy atom. The molecule has 1 fully saturated rings. The van der Waals surface area contributed by atoms with E-state index < -0.39 is 0 Å². The van der Waals surface area contributed by atoms with Crippen molar-refractivity contribution in [1.29, 1.82) is 0 Å². The zero-order chi connectivity index (χ0) is 13.8. The largest absolute Gasteiger partial charge is 0.367 e. The van der Waals surface area contributed by atoms with E-state index >= 15 is 0 Å². The quantitative estimate of drug-likeness (QED) is 0.905. The van der Waals surface area contributed by atoms with Gasteiger partial charge in [0.2, 0.25) is 0 Å². The number of rotatable bonds is 3. The third kappa shape index (κ3) is 3.44. The maximum absolute atomic E-state index is 13.9. The molecule has 0 amide bonds. The smallest absolute Gasteiger partial charge is 0.146 e. The fourth-order valence-corrected chi connectivity index (χ4v) is 2.56. The average molecular weight is 268 g/mol. The average Bonchev–Trinajstić information content (AvgIpc) is 2.66. The first-order chi connectivity index (χ1) is 9.11. The molecule has 0 bridgehead atoms. The summed E-state index contributed by atoms with van der Waals surface area (Å²) < 4.78 is 27.2. The molecule has 19 heavy (non-hydrogen) atoms. The van der Waals surface area contributed by atoms with Gasteiger partial charge in [-0.3, -0.25) is 0 Å². The van der Waals surface area contributed by atoms with Gasteiger partial charge < -0.3 is 10.2 Å². The molecule has 1 aromatic rings. The molecule has 0 aromatic heterocycles. The van der Waals surface area contributed by atoms with Crippen molar-refractivity contribution in [2.75, 3.05) is 24.5 Å². The van der Waals surface area contributed by atoms with E-state index in [1.807, 2.05) is 4.90 Å². The second-order valence-electron chi connectivity index (χ2n) is 5.34. The molecule has 1 aliphatic rings. The highest BCUT2D eigenvalue weighted by Crippen LogP contribution is 2.23. The highest BCUT2D eigenvalue weighted by molar-refractivity contribution is 5.48. The Morgan fingerprint density at radius 2 is 2.21 bits per heavy atom. The summed E-state index contributed by atoms with van der Waals surface area (Å²) in [5.41, 5.74) is 0.386. The molecule has 0 radical (unpaired) electrons. The predicted octanol–water partition coefficient (Wildman–Crippen LogP) is 3.18. The van der Waals surface area contributed by atoms with Crippen LogP contribution in [0.3, 0.4) is 0 Å². The van der Waals surface area contributed by atoms with Crippen LogP contribution in [0.5, 0.6) is 0 Å². The standard InChI is InChI=1S/C15H22F2N2/c1-3-11(2)14-10-19(8-4-7-18-14)15-9-12(16)5-6-13(15)17/h5-6,9,11,14,18H,3-4,7-8,10H2,1-2H3. The Balaban J connectivity index is 2.20. The monoisotopic (exact) mass is 268 g/mol. The van der Waals surface area contributed by atoms with Crippen LogP contribution < -0.4 is 10.2 Å². The molecule has 0 aliphatic carbocycles. The highest BCUT2D eigenvalue weighted by atomic mass is 19.1. The second kappa shape index (κ2) is 6.33. The van der Waals surface area contributed by atoms with Crippen molar-refractivity contribution in [3.05, 3.63) is 29.8 Å². The third-order valence-corrected chi connectivity index (χ3v) is 4.01. The van der Waals surface area contributed by atoms with Gasteiger partial charge >= 0.3 is 0 Å². The third-order valence-electron chi connectivity index (χ3n) is 4.01. The zero-order valence-corrected chi connectivity index (χ0v) is 11.6. The van der Waals surface area contributed by atoms with Crippen molar-refractivity contribution in [1.82, 2.24) is 5.32 Å². The van der Waals surface area contributed by atoms with Crippen LogP contribution in [-0.4, -0.2) is 25.7 Å². The first-order valence-corrected chi connectivity index (χ1v) is 7.05. The Bertz CT molecular complexity index is 423. The summed E-state index contributed by atoms with van der Waals surface area (Å²) in [5, 5.41) is 3.51. The molecule has 1 aliphatic heterocycles. The molecule has 1 heterocycles. The maximum Gasteiger partial charge on any atom is 0.146 e. The molecular formula is C15H22F2N2. The molecule has 0 spiro atoms. The van der Waals surface area contributed by atoms with Crippen LogP contribution in [0.2, 0.25) is 0 Å². The van der Waals surface area contributed by atoms with Gasteiger partial charge in [-0.05, 0) is 31.0 Å². The van der Waals surface area contributed by atoms with Crippen LogP contribution >= 0.6 is 0 Å². The SMILES string of the molecule is CCC(C)C1CN(c2cc(F)ccc2F)CCCN1. The van der Waals surface area contributed by atoms with E-state index in [1.54, 1.807) is 0 Å². The van der Waals surface area contributed by atoms with Gasteiger partial charge in [-0.1, -0.05) is 20.3 Å². The van der Waals surface area contributed by atoms with Gasteiger partial charge in [-0.15, -0.1) is 0 Å². The van der Waals surface area contributed by atoms with E-state index in [0.29, 0.717) is 17.6 Å². The van der Waals surface area contributed by atoms with E-state index in [0.717, 1.165) is 32.5 Å².